The second-order valence-corrected chi connectivity index (χ2v) is 6.21. The average molecular weight is 380 g/mol. The van der Waals surface area contributed by atoms with Gasteiger partial charge in [-0.3, -0.25) is 9.59 Å². The maximum Gasteiger partial charge on any atom is 0.251 e. The predicted molar refractivity (Wildman–Crippen MR) is 103 cm³/mol. The van der Waals surface area contributed by atoms with Crippen LogP contribution >= 0.6 is 23.2 Å². The van der Waals surface area contributed by atoms with Gasteiger partial charge in [-0.1, -0.05) is 36.2 Å². The van der Waals surface area contributed by atoms with Gasteiger partial charge < -0.3 is 16.0 Å². The highest BCUT2D eigenvalue weighted by molar-refractivity contribution is 6.36. The highest BCUT2D eigenvalue weighted by Crippen LogP contribution is 2.25. The molecule has 0 saturated carbocycles. The summed E-state index contributed by atoms with van der Waals surface area (Å²) in [5, 5.41) is 9.37. The van der Waals surface area contributed by atoms with Gasteiger partial charge in [0.2, 0.25) is 5.91 Å². The molecule has 2 aromatic rings. The van der Waals surface area contributed by atoms with E-state index in [1.165, 1.54) is 0 Å². The lowest BCUT2D eigenvalue weighted by molar-refractivity contribution is -0.114. The summed E-state index contributed by atoms with van der Waals surface area (Å²) in [5.41, 5.74) is 1.71. The van der Waals surface area contributed by atoms with Crippen molar-refractivity contribution in [3.8, 4) is 0 Å². The molecule has 7 heteroatoms. The smallest absolute Gasteiger partial charge is 0.251 e. The van der Waals surface area contributed by atoms with E-state index in [0.717, 1.165) is 6.42 Å². The number of anilines is 2. The molecule has 132 valence electrons. The third-order valence-electron chi connectivity index (χ3n) is 3.32. The minimum Gasteiger partial charge on any atom is -0.376 e. The van der Waals surface area contributed by atoms with Gasteiger partial charge in [0.25, 0.3) is 5.91 Å². The molecule has 0 aromatic heterocycles. The number of carbonyl (C=O) groups excluding carboxylic acids is 2. The summed E-state index contributed by atoms with van der Waals surface area (Å²) in [6.45, 7) is 2.66. The molecule has 0 saturated heterocycles. The molecule has 3 N–H and O–H groups in total. The maximum atomic E-state index is 12.0. The van der Waals surface area contributed by atoms with E-state index < -0.39 is 0 Å². The van der Waals surface area contributed by atoms with Crippen molar-refractivity contribution < 1.29 is 9.59 Å². The van der Waals surface area contributed by atoms with Gasteiger partial charge in [0, 0.05) is 22.8 Å². The number of hydrogen-bond donors (Lipinski definition) is 3. The second-order valence-electron chi connectivity index (χ2n) is 5.36. The molecule has 0 aliphatic heterocycles. The molecule has 0 aliphatic carbocycles. The van der Waals surface area contributed by atoms with Crippen LogP contribution in [0.25, 0.3) is 0 Å². The molecular formula is C18H19Cl2N3O2. The Morgan fingerprint density at radius 1 is 1.08 bits per heavy atom. The Bertz CT molecular complexity index is 766. The van der Waals surface area contributed by atoms with Crippen molar-refractivity contribution in [2.75, 3.05) is 23.7 Å². The Hall–Kier alpha value is -2.24. The lowest BCUT2D eigenvalue weighted by Crippen LogP contribution is -2.24. The summed E-state index contributed by atoms with van der Waals surface area (Å²) in [6, 6.07) is 11.8. The van der Waals surface area contributed by atoms with Crippen molar-refractivity contribution in [3.63, 3.8) is 0 Å². The van der Waals surface area contributed by atoms with Crippen molar-refractivity contribution in [1.82, 2.24) is 5.32 Å². The van der Waals surface area contributed by atoms with Crippen LogP contribution in [0.3, 0.4) is 0 Å². The van der Waals surface area contributed by atoms with Crippen LogP contribution in [-0.2, 0) is 4.79 Å². The van der Waals surface area contributed by atoms with E-state index in [-0.39, 0.29) is 18.4 Å². The largest absolute Gasteiger partial charge is 0.376 e. The molecule has 0 unspecified atom stereocenters. The zero-order valence-corrected chi connectivity index (χ0v) is 15.2. The van der Waals surface area contributed by atoms with E-state index in [1.54, 1.807) is 42.5 Å². The Balaban J connectivity index is 1.92. The van der Waals surface area contributed by atoms with Gasteiger partial charge in [0.05, 0.1) is 17.3 Å². The van der Waals surface area contributed by atoms with E-state index in [1.807, 2.05) is 6.92 Å². The first-order valence-corrected chi connectivity index (χ1v) is 8.62. The number of amides is 2. The van der Waals surface area contributed by atoms with Gasteiger partial charge in [-0.25, -0.2) is 0 Å². The average Bonchev–Trinajstić information content (AvgIpc) is 2.60. The monoisotopic (exact) mass is 379 g/mol. The van der Waals surface area contributed by atoms with E-state index in [2.05, 4.69) is 16.0 Å². The summed E-state index contributed by atoms with van der Waals surface area (Å²) in [7, 11) is 0. The first kappa shape index (κ1) is 19.1. The lowest BCUT2D eigenvalue weighted by Gasteiger charge is -2.10. The number of carbonyl (C=O) groups is 2. The van der Waals surface area contributed by atoms with Crippen LogP contribution in [0.5, 0.6) is 0 Å². The lowest BCUT2D eigenvalue weighted by atomic mass is 10.2. The van der Waals surface area contributed by atoms with E-state index in [0.29, 0.717) is 33.5 Å². The van der Waals surface area contributed by atoms with Crippen molar-refractivity contribution in [2.24, 2.45) is 0 Å². The molecule has 0 spiro atoms. The molecule has 0 bridgehead atoms. The Morgan fingerprint density at radius 2 is 1.88 bits per heavy atom. The topological polar surface area (TPSA) is 70.2 Å². The number of benzene rings is 2. The third-order valence-corrected chi connectivity index (χ3v) is 3.87. The molecule has 25 heavy (non-hydrogen) atoms. The summed E-state index contributed by atoms with van der Waals surface area (Å²) >= 11 is 11.8. The van der Waals surface area contributed by atoms with Gasteiger partial charge >= 0.3 is 0 Å². The minimum absolute atomic E-state index is 0.0407. The van der Waals surface area contributed by atoms with E-state index in [4.69, 9.17) is 23.2 Å². The fourth-order valence-electron chi connectivity index (χ4n) is 2.08. The first-order chi connectivity index (χ1) is 12.0. The zero-order chi connectivity index (χ0) is 18.2. The van der Waals surface area contributed by atoms with Crippen LogP contribution in [0, 0.1) is 0 Å². The molecular weight excluding hydrogens is 361 g/mol. The van der Waals surface area contributed by atoms with Gasteiger partial charge in [0.15, 0.2) is 0 Å². The van der Waals surface area contributed by atoms with Crippen molar-refractivity contribution >= 4 is 46.4 Å². The summed E-state index contributed by atoms with van der Waals surface area (Å²) in [4.78, 5) is 24.0. The minimum atomic E-state index is -0.259. The number of hydrogen-bond acceptors (Lipinski definition) is 3. The SMILES string of the molecule is CCCNC(=O)c1cccc(NCC(=O)Nc2ccc(Cl)cc2Cl)c1. The fourth-order valence-corrected chi connectivity index (χ4v) is 2.53. The van der Waals surface area contributed by atoms with Gasteiger partial charge in [0.1, 0.15) is 0 Å². The van der Waals surface area contributed by atoms with Crippen LogP contribution in [0.2, 0.25) is 10.0 Å². The fraction of sp³-hybridized carbons (Fsp3) is 0.222. The van der Waals surface area contributed by atoms with Crippen molar-refractivity contribution in [1.29, 1.82) is 0 Å². The van der Waals surface area contributed by atoms with Gasteiger partial charge in [-0.15, -0.1) is 0 Å². The molecule has 2 amide bonds. The summed E-state index contributed by atoms with van der Waals surface area (Å²) in [5.74, 6) is -0.395. The molecule has 2 rings (SSSR count). The van der Waals surface area contributed by atoms with Crippen LogP contribution < -0.4 is 16.0 Å². The first-order valence-electron chi connectivity index (χ1n) is 7.86. The summed E-state index contributed by atoms with van der Waals surface area (Å²) in [6.07, 6.45) is 0.872. The van der Waals surface area contributed by atoms with Crippen molar-refractivity contribution in [2.45, 2.75) is 13.3 Å². The van der Waals surface area contributed by atoms with E-state index in [9.17, 15) is 9.59 Å². The zero-order valence-electron chi connectivity index (χ0n) is 13.7. The van der Waals surface area contributed by atoms with Crippen LogP contribution in [0.4, 0.5) is 11.4 Å². The number of rotatable bonds is 7. The van der Waals surface area contributed by atoms with Gasteiger partial charge in [-0.2, -0.15) is 0 Å². The van der Waals surface area contributed by atoms with E-state index >= 15 is 0 Å². The molecule has 0 radical (unpaired) electrons. The highest BCUT2D eigenvalue weighted by Gasteiger charge is 2.08. The highest BCUT2D eigenvalue weighted by atomic mass is 35.5. The Labute approximate surface area is 156 Å². The maximum absolute atomic E-state index is 12.0. The van der Waals surface area contributed by atoms with Gasteiger partial charge in [-0.05, 0) is 42.8 Å². The molecule has 0 heterocycles. The molecule has 5 nitrogen and oxygen atoms in total. The summed E-state index contributed by atoms with van der Waals surface area (Å²) < 4.78 is 0. The molecule has 0 fully saturated rings. The quantitative estimate of drug-likeness (QED) is 0.675. The molecule has 2 aromatic carbocycles. The second kappa shape index (κ2) is 9.30. The molecule has 0 atom stereocenters. The normalized spacial score (nSPS) is 10.2. The number of halogens is 2. The predicted octanol–water partition coefficient (Wildman–Crippen LogP) is 4.18. The van der Waals surface area contributed by atoms with Crippen LogP contribution in [0.15, 0.2) is 42.5 Å². The Morgan fingerprint density at radius 3 is 2.60 bits per heavy atom. The number of nitrogens with one attached hydrogen (secondary N) is 3. The van der Waals surface area contributed by atoms with Crippen LogP contribution in [0.1, 0.15) is 23.7 Å². The third kappa shape index (κ3) is 5.96. The Kier molecular flexibility index (Phi) is 7.10. The van der Waals surface area contributed by atoms with Crippen molar-refractivity contribution in [3.05, 3.63) is 58.1 Å². The molecule has 0 aliphatic rings. The standard InChI is InChI=1S/C18H19Cl2N3O2/c1-2-8-21-18(25)12-4-3-5-14(9-12)22-11-17(24)23-16-7-6-13(19)10-15(16)20/h3-7,9-10,22H,2,8,11H2,1H3,(H,21,25)(H,23,24). The van der Waals surface area contributed by atoms with Crippen LogP contribution in [-0.4, -0.2) is 24.9 Å².